The third-order valence-corrected chi connectivity index (χ3v) is 17.6. The number of methoxy groups -OCH3 is 1. The molecule has 0 aromatic carbocycles. The third-order valence-electron chi connectivity index (χ3n) is 6.35. The zero-order valence-corrected chi connectivity index (χ0v) is 23.5. The first-order valence-electron chi connectivity index (χ1n) is 11.1. The molecule has 2 fully saturated rings. The predicted octanol–water partition coefficient (Wildman–Crippen LogP) is 4.55. The molecular weight excluding hydrogens is 501 g/mol. The summed E-state index contributed by atoms with van der Waals surface area (Å²) >= 11 is 0. The van der Waals surface area contributed by atoms with Crippen molar-refractivity contribution in [1.29, 1.82) is 0 Å². The van der Waals surface area contributed by atoms with Gasteiger partial charge in [-0.3, -0.25) is 4.18 Å². The van der Waals surface area contributed by atoms with Crippen molar-refractivity contribution in [2.75, 3.05) is 13.7 Å². The van der Waals surface area contributed by atoms with Crippen LogP contribution in [0.2, 0.25) is 22.2 Å². The van der Waals surface area contributed by atoms with Crippen LogP contribution in [0.4, 0.5) is 13.2 Å². The minimum Gasteiger partial charge on any atom is -0.414 e. The van der Waals surface area contributed by atoms with Crippen LogP contribution in [0.1, 0.15) is 55.4 Å². The van der Waals surface area contributed by atoms with Gasteiger partial charge in [-0.25, -0.2) is 0 Å². The van der Waals surface area contributed by atoms with Gasteiger partial charge in [0.2, 0.25) is 0 Å². The molecule has 0 N–H and O–H groups in total. The largest absolute Gasteiger partial charge is 0.523 e. The van der Waals surface area contributed by atoms with Gasteiger partial charge in [0.15, 0.2) is 12.4 Å². The molecule has 2 heterocycles. The van der Waals surface area contributed by atoms with Gasteiger partial charge in [0.05, 0.1) is 6.61 Å². The molecule has 0 spiro atoms. The highest BCUT2D eigenvalue weighted by Crippen LogP contribution is 2.48. The summed E-state index contributed by atoms with van der Waals surface area (Å²) in [6.07, 6.45) is -5.13. The molecule has 0 aliphatic carbocycles. The standard InChI is InChI=1S/C19H37F3O8SSi2/c1-11(2)32(12(3)4)26-10-15-16(29-33(30-32,13(5)6)14(7)8)17(18(25-9)27-15)28-31(23,24)19(20,21)22/h11-18H,10H2,1-9H3/t15-,16-,17+,18-/m1/s1. The Kier molecular flexibility index (Phi) is 8.95. The van der Waals surface area contributed by atoms with E-state index in [0.717, 1.165) is 0 Å². The third kappa shape index (κ3) is 5.38. The summed E-state index contributed by atoms with van der Waals surface area (Å²) in [5.74, 6) is 0. The minimum absolute atomic E-state index is 0.0420. The number of ether oxygens (including phenoxy) is 2. The minimum atomic E-state index is -5.92. The molecule has 2 aliphatic rings. The van der Waals surface area contributed by atoms with Crippen LogP contribution < -0.4 is 0 Å². The smallest absolute Gasteiger partial charge is 0.414 e. The molecular formula is C19H37F3O8SSi2. The Morgan fingerprint density at radius 3 is 1.79 bits per heavy atom. The molecule has 0 unspecified atom stereocenters. The Morgan fingerprint density at radius 1 is 0.909 bits per heavy atom. The summed E-state index contributed by atoms with van der Waals surface area (Å²) in [6.45, 7) is 15.8. The van der Waals surface area contributed by atoms with Crippen molar-refractivity contribution in [2.45, 2.75) is 108 Å². The van der Waals surface area contributed by atoms with Crippen LogP contribution in [0.5, 0.6) is 0 Å². The van der Waals surface area contributed by atoms with E-state index >= 15 is 0 Å². The molecule has 2 rings (SSSR count). The van der Waals surface area contributed by atoms with E-state index in [9.17, 15) is 21.6 Å². The van der Waals surface area contributed by atoms with E-state index in [0.29, 0.717) is 0 Å². The lowest BCUT2D eigenvalue weighted by atomic mass is 10.1. The number of fused-ring (bicyclic) bond motifs is 1. The van der Waals surface area contributed by atoms with E-state index in [1.165, 1.54) is 7.11 Å². The molecule has 0 aromatic heterocycles. The lowest BCUT2D eigenvalue weighted by molar-refractivity contribution is -0.150. The van der Waals surface area contributed by atoms with Crippen LogP contribution in [-0.2, 0) is 36.7 Å². The van der Waals surface area contributed by atoms with Gasteiger partial charge in [-0.15, -0.1) is 0 Å². The molecule has 8 nitrogen and oxygen atoms in total. The SMILES string of the molecule is CO[C@@H]1O[C@@H]2CO[Si](C(C)C)(C(C)C)O[Si](C(C)C)(C(C)C)O[C@H]2[C@@H]1OS(=O)(=O)C(F)(F)F. The lowest BCUT2D eigenvalue weighted by Gasteiger charge is -2.51. The summed E-state index contributed by atoms with van der Waals surface area (Å²) in [5, 5.41) is 0. The van der Waals surface area contributed by atoms with Gasteiger partial charge in [0, 0.05) is 7.11 Å². The zero-order valence-electron chi connectivity index (χ0n) is 20.6. The second-order valence-corrected chi connectivity index (χ2v) is 20.2. The van der Waals surface area contributed by atoms with Crippen molar-refractivity contribution in [1.82, 2.24) is 0 Å². The van der Waals surface area contributed by atoms with Crippen LogP contribution in [0, 0.1) is 0 Å². The molecule has 0 bridgehead atoms. The van der Waals surface area contributed by atoms with Gasteiger partial charge < -0.3 is 22.4 Å². The maximum absolute atomic E-state index is 13.1. The van der Waals surface area contributed by atoms with Gasteiger partial charge >= 0.3 is 32.7 Å². The maximum atomic E-state index is 13.1. The molecule has 0 aromatic rings. The number of hydrogen-bond acceptors (Lipinski definition) is 8. The van der Waals surface area contributed by atoms with E-state index in [1.54, 1.807) is 0 Å². The highest BCUT2D eigenvalue weighted by Gasteiger charge is 2.63. The molecule has 4 atom stereocenters. The summed E-state index contributed by atoms with van der Waals surface area (Å²) in [4.78, 5) is 0. The van der Waals surface area contributed by atoms with Crippen molar-refractivity contribution in [3.8, 4) is 0 Å². The second-order valence-electron chi connectivity index (χ2n) is 9.80. The van der Waals surface area contributed by atoms with Crippen LogP contribution in [0.15, 0.2) is 0 Å². The van der Waals surface area contributed by atoms with E-state index in [4.69, 9.17) is 22.4 Å². The Labute approximate surface area is 197 Å². The molecule has 14 heteroatoms. The molecule has 0 amide bonds. The van der Waals surface area contributed by atoms with Crippen molar-refractivity contribution >= 4 is 27.2 Å². The Bertz CT molecular complexity index is 759. The van der Waals surface area contributed by atoms with Gasteiger partial charge in [0.1, 0.15) is 12.2 Å². The fraction of sp³-hybridized carbons (Fsp3) is 1.00. The molecule has 196 valence electrons. The monoisotopic (exact) mass is 538 g/mol. The average Bonchev–Trinajstić information content (AvgIpc) is 2.95. The van der Waals surface area contributed by atoms with Crippen LogP contribution >= 0.6 is 0 Å². The van der Waals surface area contributed by atoms with E-state index < -0.39 is 57.4 Å². The Balaban J connectivity index is 2.61. The summed E-state index contributed by atoms with van der Waals surface area (Å²) in [5.41, 5.74) is -5.73. The van der Waals surface area contributed by atoms with Crippen molar-refractivity contribution in [3.63, 3.8) is 0 Å². The van der Waals surface area contributed by atoms with Crippen molar-refractivity contribution in [3.05, 3.63) is 0 Å². The van der Waals surface area contributed by atoms with Crippen LogP contribution in [0.25, 0.3) is 0 Å². The van der Waals surface area contributed by atoms with Gasteiger partial charge in [-0.2, -0.15) is 21.6 Å². The number of alkyl halides is 3. The first kappa shape index (κ1) is 29.2. The van der Waals surface area contributed by atoms with Crippen LogP contribution in [0.3, 0.4) is 0 Å². The number of rotatable bonds is 7. The first-order valence-corrected chi connectivity index (χ1v) is 16.5. The van der Waals surface area contributed by atoms with E-state index in [2.05, 4.69) is 4.18 Å². The molecule has 2 saturated heterocycles. The van der Waals surface area contributed by atoms with Gasteiger partial charge in [-0.1, -0.05) is 55.4 Å². The number of hydrogen-bond donors (Lipinski definition) is 0. The highest BCUT2D eigenvalue weighted by atomic mass is 32.2. The fourth-order valence-electron chi connectivity index (χ4n) is 4.60. The van der Waals surface area contributed by atoms with Gasteiger partial charge in [-0.05, 0) is 22.2 Å². The first-order chi connectivity index (χ1) is 14.9. The Hall–Kier alpha value is -0.0662. The fourth-order valence-corrected chi connectivity index (χ4v) is 16.4. The summed E-state index contributed by atoms with van der Waals surface area (Å²) < 4.78 is 98.6. The average molecular weight is 539 g/mol. The predicted molar refractivity (Wildman–Crippen MR) is 119 cm³/mol. The summed E-state index contributed by atoms with van der Waals surface area (Å²) in [7, 11) is -10.8. The maximum Gasteiger partial charge on any atom is 0.523 e. The normalized spacial score (nSPS) is 30.7. The molecule has 0 saturated carbocycles. The van der Waals surface area contributed by atoms with E-state index in [-0.39, 0.29) is 28.8 Å². The van der Waals surface area contributed by atoms with E-state index in [1.807, 2.05) is 55.4 Å². The molecule has 0 radical (unpaired) electrons. The summed E-state index contributed by atoms with van der Waals surface area (Å²) in [6, 6.07) is 0. The molecule has 2 aliphatic heterocycles. The zero-order chi connectivity index (χ0) is 25.6. The topological polar surface area (TPSA) is 89.5 Å². The Morgan fingerprint density at radius 2 is 1.39 bits per heavy atom. The van der Waals surface area contributed by atoms with Crippen LogP contribution in [-0.4, -0.2) is 69.4 Å². The van der Waals surface area contributed by atoms with Crippen molar-refractivity contribution in [2.24, 2.45) is 0 Å². The second kappa shape index (κ2) is 10.1. The number of halogens is 3. The molecule has 33 heavy (non-hydrogen) atoms. The highest BCUT2D eigenvalue weighted by molar-refractivity contribution is 7.87. The lowest BCUT2D eigenvalue weighted by Crippen LogP contribution is -2.66. The van der Waals surface area contributed by atoms with Crippen molar-refractivity contribution < 1.29 is 48.2 Å². The quantitative estimate of drug-likeness (QED) is 0.265. The van der Waals surface area contributed by atoms with Gasteiger partial charge in [0.25, 0.3) is 0 Å².